The molecule has 1 aliphatic heterocycles. The largest absolute Gasteiger partial charge is 0.354 e. The number of H-pyrrole nitrogens is 1. The monoisotopic (exact) mass is 452 g/mol. The number of benzene rings is 2. The lowest BCUT2D eigenvalue weighted by Crippen LogP contribution is -2.31. The van der Waals surface area contributed by atoms with Crippen molar-refractivity contribution in [2.45, 2.75) is 19.5 Å². The normalized spacial score (nSPS) is 13.8. The van der Waals surface area contributed by atoms with Crippen molar-refractivity contribution < 1.29 is 0 Å². The summed E-state index contributed by atoms with van der Waals surface area (Å²) in [7, 11) is 0. The van der Waals surface area contributed by atoms with E-state index in [1.54, 1.807) is 12.4 Å². The summed E-state index contributed by atoms with van der Waals surface area (Å²) in [6.45, 7) is 2.60. The number of hydrogen-bond donors (Lipinski definition) is 1. The van der Waals surface area contributed by atoms with E-state index in [-0.39, 0.29) is 0 Å². The van der Waals surface area contributed by atoms with Crippen LogP contribution in [0.1, 0.15) is 16.8 Å². The summed E-state index contributed by atoms with van der Waals surface area (Å²) in [5.41, 5.74) is 7.86. The molecular formula is C26H21ClN6. The average Bonchev–Trinajstić information content (AvgIpc) is 3.23. The molecule has 0 atom stereocenters. The van der Waals surface area contributed by atoms with Gasteiger partial charge in [0.05, 0.1) is 17.0 Å². The highest BCUT2D eigenvalue weighted by Gasteiger charge is 2.22. The molecule has 1 N–H and O–H groups in total. The molecule has 1 aliphatic rings. The zero-order valence-electron chi connectivity index (χ0n) is 17.9. The maximum atomic E-state index is 6.13. The topological polar surface area (TPSA) is 70.6 Å². The summed E-state index contributed by atoms with van der Waals surface area (Å²) in [5, 5.41) is 1.99. The maximum Gasteiger partial charge on any atom is 0.162 e. The van der Waals surface area contributed by atoms with E-state index in [4.69, 9.17) is 16.6 Å². The van der Waals surface area contributed by atoms with Gasteiger partial charge in [-0.15, -0.1) is 0 Å². The minimum Gasteiger partial charge on any atom is -0.354 e. The molecule has 0 aliphatic carbocycles. The molecule has 0 unspecified atom stereocenters. The number of nitrogens with zero attached hydrogens (tertiary/aromatic N) is 5. The second kappa shape index (κ2) is 8.39. The lowest BCUT2D eigenvalue weighted by atomic mass is 10.0. The molecule has 0 radical (unpaired) electrons. The van der Waals surface area contributed by atoms with Gasteiger partial charge in [-0.3, -0.25) is 4.90 Å². The lowest BCUT2D eigenvalue weighted by molar-refractivity contribution is 0.244. The van der Waals surface area contributed by atoms with E-state index in [0.717, 1.165) is 59.1 Å². The van der Waals surface area contributed by atoms with Crippen LogP contribution >= 0.6 is 11.6 Å². The summed E-state index contributed by atoms with van der Waals surface area (Å²) in [4.78, 5) is 23.6. The summed E-state index contributed by atoms with van der Waals surface area (Å²) < 4.78 is 0. The van der Waals surface area contributed by atoms with Gasteiger partial charge in [0.2, 0.25) is 0 Å². The number of rotatable bonds is 4. The van der Waals surface area contributed by atoms with E-state index in [9.17, 15) is 0 Å². The smallest absolute Gasteiger partial charge is 0.162 e. The first-order valence-corrected chi connectivity index (χ1v) is 11.3. The van der Waals surface area contributed by atoms with E-state index < -0.39 is 0 Å². The highest BCUT2D eigenvalue weighted by Crippen LogP contribution is 2.33. The van der Waals surface area contributed by atoms with Crippen LogP contribution in [0.2, 0.25) is 5.02 Å². The Bertz CT molecular complexity index is 1430. The Labute approximate surface area is 196 Å². The second-order valence-electron chi connectivity index (χ2n) is 8.28. The summed E-state index contributed by atoms with van der Waals surface area (Å²) in [6.07, 6.45) is 7.85. The number of halogens is 1. The molecule has 33 heavy (non-hydrogen) atoms. The molecule has 6 rings (SSSR count). The van der Waals surface area contributed by atoms with Gasteiger partial charge in [0.15, 0.2) is 5.82 Å². The molecule has 2 aromatic carbocycles. The first kappa shape index (κ1) is 20.0. The number of aromatic amines is 1. The second-order valence-corrected chi connectivity index (χ2v) is 8.72. The molecule has 0 fully saturated rings. The van der Waals surface area contributed by atoms with Gasteiger partial charge in [-0.2, -0.15) is 0 Å². The highest BCUT2D eigenvalue weighted by atomic mass is 35.5. The number of hydrogen-bond acceptors (Lipinski definition) is 5. The number of para-hydroxylation sites is 1. The van der Waals surface area contributed by atoms with E-state index >= 15 is 0 Å². The summed E-state index contributed by atoms with van der Waals surface area (Å²) >= 11 is 6.13. The quantitative estimate of drug-likeness (QED) is 0.401. The molecule has 6 nitrogen and oxygen atoms in total. The molecule has 7 heteroatoms. The molecule has 5 aromatic rings. The van der Waals surface area contributed by atoms with E-state index in [1.807, 2.05) is 18.3 Å². The Morgan fingerprint density at radius 1 is 0.939 bits per heavy atom. The zero-order valence-corrected chi connectivity index (χ0v) is 18.6. The number of fused-ring (bicyclic) bond motifs is 2. The fourth-order valence-electron chi connectivity index (χ4n) is 4.51. The van der Waals surface area contributed by atoms with Crippen LogP contribution in [0.15, 0.2) is 73.4 Å². The van der Waals surface area contributed by atoms with Crippen LogP contribution in [0.5, 0.6) is 0 Å². The van der Waals surface area contributed by atoms with Crippen molar-refractivity contribution in [3.8, 4) is 22.6 Å². The predicted octanol–water partition coefficient (Wildman–Crippen LogP) is 5.29. The van der Waals surface area contributed by atoms with Crippen LogP contribution in [0.4, 0.5) is 0 Å². The molecular weight excluding hydrogens is 432 g/mol. The first-order valence-electron chi connectivity index (χ1n) is 10.9. The van der Waals surface area contributed by atoms with Crippen LogP contribution < -0.4 is 0 Å². The Kier molecular flexibility index (Phi) is 5.09. The molecule has 0 bridgehead atoms. The van der Waals surface area contributed by atoms with Crippen molar-refractivity contribution in [2.75, 3.05) is 6.54 Å². The SMILES string of the molecule is Clc1ccc(-c2[nH]c3ccccc3c2CN2CCc3nc(-c4cncnc4)ncc3C2)cc1. The Morgan fingerprint density at radius 2 is 1.76 bits per heavy atom. The Morgan fingerprint density at radius 3 is 2.61 bits per heavy atom. The third kappa shape index (κ3) is 3.88. The molecule has 0 spiro atoms. The van der Waals surface area contributed by atoms with Crippen LogP contribution in [0, 0.1) is 0 Å². The van der Waals surface area contributed by atoms with Crippen molar-refractivity contribution in [3.63, 3.8) is 0 Å². The predicted molar refractivity (Wildman–Crippen MR) is 130 cm³/mol. The van der Waals surface area contributed by atoms with Gasteiger partial charge >= 0.3 is 0 Å². The minimum atomic E-state index is 0.685. The molecule has 162 valence electrons. The molecule has 4 heterocycles. The van der Waals surface area contributed by atoms with Gasteiger partial charge in [0.25, 0.3) is 0 Å². The number of nitrogens with one attached hydrogen (secondary N) is 1. The van der Waals surface area contributed by atoms with Gasteiger partial charge < -0.3 is 4.98 Å². The van der Waals surface area contributed by atoms with Gasteiger partial charge in [0.1, 0.15) is 6.33 Å². The van der Waals surface area contributed by atoms with Gasteiger partial charge in [-0.1, -0.05) is 41.9 Å². The lowest BCUT2D eigenvalue weighted by Gasteiger charge is -2.28. The highest BCUT2D eigenvalue weighted by molar-refractivity contribution is 6.30. The standard InChI is InChI=1S/C26H21ClN6/c27-20-7-5-17(6-8-20)25-22(21-3-1-2-4-24(21)31-25)15-33-10-9-23-19(14-33)13-30-26(32-23)18-11-28-16-29-12-18/h1-8,11-13,16,31H,9-10,14-15H2. The average molecular weight is 453 g/mol. The van der Waals surface area contributed by atoms with Crippen molar-refractivity contribution in [1.82, 2.24) is 29.8 Å². The minimum absolute atomic E-state index is 0.685. The maximum absolute atomic E-state index is 6.13. The van der Waals surface area contributed by atoms with Crippen molar-refractivity contribution in [2.24, 2.45) is 0 Å². The van der Waals surface area contributed by atoms with Gasteiger partial charge in [0, 0.05) is 66.1 Å². The van der Waals surface area contributed by atoms with Crippen molar-refractivity contribution in [1.29, 1.82) is 0 Å². The van der Waals surface area contributed by atoms with Crippen LogP contribution in [0.3, 0.4) is 0 Å². The third-order valence-corrected chi connectivity index (χ3v) is 6.41. The molecule has 3 aromatic heterocycles. The van der Waals surface area contributed by atoms with Crippen molar-refractivity contribution >= 4 is 22.5 Å². The fraction of sp³-hybridized carbons (Fsp3) is 0.154. The van der Waals surface area contributed by atoms with Gasteiger partial charge in [-0.05, 0) is 29.3 Å². The molecule has 0 amide bonds. The summed E-state index contributed by atoms with van der Waals surface area (Å²) in [5.74, 6) is 0.685. The molecule has 0 saturated heterocycles. The Hall–Kier alpha value is -3.61. The van der Waals surface area contributed by atoms with E-state index in [2.05, 4.69) is 61.2 Å². The molecule has 0 saturated carbocycles. The van der Waals surface area contributed by atoms with E-state index in [0.29, 0.717) is 5.82 Å². The third-order valence-electron chi connectivity index (χ3n) is 6.16. The zero-order chi connectivity index (χ0) is 22.2. The van der Waals surface area contributed by atoms with Gasteiger partial charge in [-0.25, -0.2) is 19.9 Å². The van der Waals surface area contributed by atoms with Crippen LogP contribution in [0.25, 0.3) is 33.5 Å². The first-order chi connectivity index (χ1) is 16.2. The van der Waals surface area contributed by atoms with Crippen LogP contribution in [-0.2, 0) is 19.5 Å². The number of aromatic nitrogens is 5. The van der Waals surface area contributed by atoms with E-state index in [1.165, 1.54) is 22.8 Å². The van der Waals surface area contributed by atoms with Crippen molar-refractivity contribution in [3.05, 3.63) is 95.3 Å². The summed E-state index contributed by atoms with van der Waals surface area (Å²) in [6, 6.07) is 16.5. The van der Waals surface area contributed by atoms with Crippen LogP contribution in [-0.4, -0.2) is 36.4 Å². The fourth-order valence-corrected chi connectivity index (χ4v) is 4.64. The Balaban J connectivity index is 1.31.